The van der Waals surface area contributed by atoms with Crippen LogP contribution in [0.4, 0.5) is 9.93 Å². The van der Waals surface area contributed by atoms with Gasteiger partial charge in [0.15, 0.2) is 10.9 Å². The van der Waals surface area contributed by atoms with Crippen LogP contribution < -0.4 is 5.32 Å². The van der Waals surface area contributed by atoms with Crippen LogP contribution in [0.2, 0.25) is 0 Å². The van der Waals surface area contributed by atoms with Crippen LogP contribution in [0.15, 0.2) is 0 Å². The van der Waals surface area contributed by atoms with Crippen LogP contribution in [0.25, 0.3) is 0 Å². The molecule has 2 rings (SSSR count). The average Bonchev–Trinajstić information content (AvgIpc) is 2.88. The predicted molar refractivity (Wildman–Crippen MR) is 86.8 cm³/mol. The van der Waals surface area contributed by atoms with Crippen molar-refractivity contribution in [3.05, 3.63) is 10.6 Å². The van der Waals surface area contributed by atoms with E-state index in [-0.39, 0.29) is 23.7 Å². The molecule has 23 heavy (non-hydrogen) atoms. The van der Waals surface area contributed by atoms with E-state index in [0.717, 1.165) is 24.2 Å². The van der Waals surface area contributed by atoms with Gasteiger partial charge in [-0.25, -0.2) is 9.78 Å². The highest BCUT2D eigenvalue weighted by atomic mass is 32.1. The summed E-state index contributed by atoms with van der Waals surface area (Å²) in [5.41, 5.74) is 0.612. The van der Waals surface area contributed by atoms with Gasteiger partial charge in [0.1, 0.15) is 0 Å². The summed E-state index contributed by atoms with van der Waals surface area (Å²) >= 11 is 1.16. The highest BCUT2D eigenvalue weighted by Gasteiger charge is 2.29. The number of rotatable bonds is 4. The Hall–Kier alpha value is -1.96. The van der Waals surface area contributed by atoms with Crippen LogP contribution in [0.1, 0.15) is 42.1 Å². The Bertz CT molecular complexity index is 614. The van der Waals surface area contributed by atoms with Crippen LogP contribution in [0, 0.1) is 12.8 Å². The standard InChI is InChI=1S/C15H21N3O4S/c1-4-22-13(20)11-6-5-7-18(8-11)15(21)17-14-16-9(2)12(23-14)10(3)19/h11H,4-8H2,1-3H3,(H,16,17,21). The molecule has 1 aliphatic heterocycles. The third kappa shape index (κ3) is 4.28. The molecular weight excluding hydrogens is 318 g/mol. The number of carbonyl (C=O) groups excluding carboxylic acids is 3. The molecule has 1 aliphatic rings. The van der Waals surface area contributed by atoms with Crippen molar-refractivity contribution < 1.29 is 19.1 Å². The topological polar surface area (TPSA) is 88.6 Å². The Balaban J connectivity index is 1.98. The number of piperidine rings is 1. The fourth-order valence-corrected chi connectivity index (χ4v) is 3.41. The highest BCUT2D eigenvalue weighted by molar-refractivity contribution is 7.17. The molecule has 0 radical (unpaired) electrons. The number of hydrogen-bond donors (Lipinski definition) is 1. The minimum Gasteiger partial charge on any atom is -0.466 e. The molecule has 1 atom stereocenters. The van der Waals surface area contributed by atoms with E-state index >= 15 is 0 Å². The number of nitrogens with zero attached hydrogens (tertiary/aromatic N) is 2. The van der Waals surface area contributed by atoms with Crippen molar-refractivity contribution in [3.63, 3.8) is 0 Å². The Morgan fingerprint density at radius 2 is 2.17 bits per heavy atom. The monoisotopic (exact) mass is 339 g/mol. The van der Waals surface area contributed by atoms with Crippen molar-refractivity contribution in [3.8, 4) is 0 Å². The number of aryl methyl sites for hydroxylation is 1. The molecule has 0 spiro atoms. The summed E-state index contributed by atoms with van der Waals surface area (Å²) in [7, 11) is 0. The van der Waals surface area contributed by atoms with Crippen LogP contribution in [-0.2, 0) is 9.53 Å². The number of urea groups is 1. The smallest absolute Gasteiger partial charge is 0.323 e. The third-order valence-electron chi connectivity index (χ3n) is 3.66. The van der Waals surface area contributed by atoms with Gasteiger partial charge in [0, 0.05) is 20.0 Å². The summed E-state index contributed by atoms with van der Waals surface area (Å²) in [5, 5.41) is 3.11. The molecule has 1 aromatic rings. The van der Waals surface area contributed by atoms with Gasteiger partial charge in [-0.2, -0.15) is 0 Å². The number of ketones is 1. The number of ether oxygens (including phenoxy) is 1. The number of esters is 1. The maximum absolute atomic E-state index is 12.3. The Labute approximate surface area is 139 Å². The largest absolute Gasteiger partial charge is 0.466 e. The molecule has 2 amide bonds. The second-order valence-corrected chi connectivity index (χ2v) is 6.46. The number of thiazole rings is 1. The van der Waals surface area contributed by atoms with Crippen LogP contribution in [0.3, 0.4) is 0 Å². The zero-order valence-electron chi connectivity index (χ0n) is 13.5. The molecule has 1 unspecified atom stereocenters. The first-order valence-electron chi connectivity index (χ1n) is 7.63. The number of Topliss-reactive ketones (excluding diaryl/α,β-unsaturated/α-hetero) is 1. The Morgan fingerprint density at radius 3 is 2.78 bits per heavy atom. The molecule has 1 N–H and O–H groups in total. The maximum Gasteiger partial charge on any atom is 0.323 e. The number of carbonyl (C=O) groups is 3. The van der Waals surface area contributed by atoms with E-state index < -0.39 is 0 Å². The molecule has 1 fully saturated rings. The molecule has 1 aromatic heterocycles. The zero-order valence-corrected chi connectivity index (χ0v) is 14.4. The quantitative estimate of drug-likeness (QED) is 0.672. The third-order valence-corrected chi connectivity index (χ3v) is 4.83. The molecule has 0 saturated carbocycles. The second kappa shape index (κ2) is 7.54. The summed E-state index contributed by atoms with van der Waals surface area (Å²) in [6.07, 6.45) is 1.49. The minimum atomic E-state index is -0.303. The maximum atomic E-state index is 12.3. The molecule has 0 aromatic carbocycles. The summed E-state index contributed by atoms with van der Waals surface area (Å²) in [5.74, 6) is -0.602. The summed E-state index contributed by atoms with van der Waals surface area (Å²) in [6.45, 7) is 6.25. The Kier molecular flexibility index (Phi) is 5.70. The lowest BCUT2D eigenvalue weighted by Crippen LogP contribution is -2.44. The fourth-order valence-electron chi connectivity index (χ4n) is 2.56. The number of nitrogens with one attached hydrogen (secondary N) is 1. The number of anilines is 1. The lowest BCUT2D eigenvalue weighted by Gasteiger charge is -2.31. The predicted octanol–water partition coefficient (Wildman–Crippen LogP) is 2.46. The molecule has 0 bridgehead atoms. The van der Waals surface area contributed by atoms with Gasteiger partial charge in [-0.1, -0.05) is 11.3 Å². The van der Waals surface area contributed by atoms with E-state index in [0.29, 0.717) is 35.4 Å². The first-order valence-corrected chi connectivity index (χ1v) is 8.45. The summed E-state index contributed by atoms with van der Waals surface area (Å²) in [4.78, 5) is 41.9. The van der Waals surface area contributed by atoms with Crippen molar-refractivity contribution in [2.75, 3.05) is 25.0 Å². The van der Waals surface area contributed by atoms with E-state index in [4.69, 9.17) is 4.74 Å². The van der Waals surface area contributed by atoms with Crippen LogP contribution >= 0.6 is 11.3 Å². The molecule has 2 heterocycles. The number of amides is 2. The lowest BCUT2D eigenvalue weighted by atomic mass is 9.98. The van der Waals surface area contributed by atoms with Gasteiger partial charge in [0.2, 0.25) is 0 Å². The van der Waals surface area contributed by atoms with E-state index in [2.05, 4.69) is 10.3 Å². The number of hydrogen-bond acceptors (Lipinski definition) is 6. The van der Waals surface area contributed by atoms with Gasteiger partial charge in [0.05, 0.1) is 23.1 Å². The van der Waals surface area contributed by atoms with E-state index in [1.54, 1.807) is 18.7 Å². The van der Waals surface area contributed by atoms with Crippen molar-refractivity contribution in [2.24, 2.45) is 5.92 Å². The minimum absolute atomic E-state index is 0.0687. The summed E-state index contributed by atoms with van der Waals surface area (Å²) < 4.78 is 5.03. The average molecular weight is 339 g/mol. The van der Waals surface area contributed by atoms with E-state index in [9.17, 15) is 14.4 Å². The Morgan fingerprint density at radius 1 is 1.43 bits per heavy atom. The van der Waals surface area contributed by atoms with E-state index in [1.165, 1.54) is 6.92 Å². The molecular formula is C15H21N3O4S. The van der Waals surface area contributed by atoms with Crippen molar-refractivity contribution >= 4 is 34.3 Å². The van der Waals surface area contributed by atoms with Gasteiger partial charge >= 0.3 is 12.0 Å². The SMILES string of the molecule is CCOC(=O)C1CCCN(C(=O)Nc2nc(C)c(C(C)=O)s2)C1. The van der Waals surface area contributed by atoms with Gasteiger partial charge in [-0.15, -0.1) is 0 Å². The molecule has 0 aliphatic carbocycles. The van der Waals surface area contributed by atoms with Crippen LogP contribution in [-0.4, -0.2) is 47.4 Å². The van der Waals surface area contributed by atoms with Gasteiger partial charge < -0.3 is 9.64 Å². The van der Waals surface area contributed by atoms with E-state index in [1.807, 2.05) is 0 Å². The first kappa shape index (κ1) is 17.4. The van der Waals surface area contributed by atoms with Gasteiger partial charge in [-0.3, -0.25) is 14.9 Å². The van der Waals surface area contributed by atoms with Crippen molar-refractivity contribution in [1.82, 2.24) is 9.88 Å². The molecule has 1 saturated heterocycles. The first-order chi connectivity index (χ1) is 10.9. The summed E-state index contributed by atoms with van der Waals surface area (Å²) in [6, 6.07) is -0.303. The van der Waals surface area contributed by atoms with Crippen molar-refractivity contribution in [2.45, 2.75) is 33.6 Å². The molecule has 7 nitrogen and oxygen atoms in total. The number of likely N-dealkylation sites (tertiary alicyclic amines) is 1. The highest BCUT2D eigenvalue weighted by Crippen LogP contribution is 2.24. The number of aromatic nitrogens is 1. The van der Waals surface area contributed by atoms with Gasteiger partial charge in [0.25, 0.3) is 0 Å². The molecule has 8 heteroatoms. The van der Waals surface area contributed by atoms with Crippen LogP contribution in [0.5, 0.6) is 0 Å². The molecule has 126 valence electrons. The normalized spacial score (nSPS) is 17.7. The second-order valence-electron chi connectivity index (χ2n) is 5.46. The van der Waals surface area contributed by atoms with Gasteiger partial charge in [-0.05, 0) is 26.7 Å². The van der Waals surface area contributed by atoms with Crippen molar-refractivity contribution in [1.29, 1.82) is 0 Å². The zero-order chi connectivity index (χ0) is 17.0. The lowest BCUT2D eigenvalue weighted by molar-refractivity contribution is -0.149. The fraction of sp³-hybridized carbons (Fsp3) is 0.600.